The van der Waals surface area contributed by atoms with E-state index in [1.54, 1.807) is 6.08 Å². The van der Waals surface area contributed by atoms with Crippen molar-refractivity contribution < 1.29 is 4.42 Å². The Morgan fingerprint density at radius 1 is 0.885 bits per heavy atom. The van der Waals surface area contributed by atoms with Crippen molar-refractivity contribution in [3.63, 3.8) is 0 Å². The van der Waals surface area contributed by atoms with E-state index in [9.17, 15) is 0 Å². The lowest BCUT2D eigenvalue weighted by molar-refractivity contribution is 0.575. The highest BCUT2D eigenvalue weighted by Crippen LogP contribution is 2.27. The molecule has 4 rings (SSSR count). The summed E-state index contributed by atoms with van der Waals surface area (Å²) in [5.74, 6) is 0.686. The summed E-state index contributed by atoms with van der Waals surface area (Å²) in [6, 6.07) is 20.1. The number of nitrogens with zero attached hydrogens (tertiary/aromatic N) is 2. The van der Waals surface area contributed by atoms with E-state index in [0.717, 1.165) is 33.0 Å². The van der Waals surface area contributed by atoms with Crippen molar-refractivity contribution in [1.82, 2.24) is 9.97 Å². The minimum Gasteiger partial charge on any atom is -0.452 e. The molecule has 0 aliphatic carbocycles. The zero-order valence-electron chi connectivity index (χ0n) is 14.5. The van der Waals surface area contributed by atoms with Crippen LogP contribution >= 0.6 is 0 Å². The van der Waals surface area contributed by atoms with E-state index in [4.69, 9.17) is 14.4 Å². The maximum atomic E-state index is 6.12. The molecule has 3 heteroatoms. The van der Waals surface area contributed by atoms with Crippen LogP contribution in [-0.2, 0) is 0 Å². The monoisotopic (exact) mass is 338 g/mol. The molecule has 0 bridgehead atoms. The number of benzene rings is 2. The third kappa shape index (κ3) is 2.74. The maximum absolute atomic E-state index is 6.12. The third-order valence-electron chi connectivity index (χ3n) is 4.24. The van der Waals surface area contributed by atoms with E-state index in [2.05, 4.69) is 6.58 Å². The van der Waals surface area contributed by atoms with E-state index < -0.39 is 0 Å². The first kappa shape index (κ1) is 16.0. The van der Waals surface area contributed by atoms with Gasteiger partial charge in [-0.3, -0.25) is 0 Å². The van der Waals surface area contributed by atoms with Crippen molar-refractivity contribution in [3.8, 4) is 22.6 Å². The quantitative estimate of drug-likeness (QED) is 0.558. The van der Waals surface area contributed by atoms with Gasteiger partial charge < -0.3 is 4.42 Å². The molecule has 2 aromatic heterocycles. The molecule has 2 aromatic carbocycles. The van der Waals surface area contributed by atoms with E-state index in [1.165, 1.54) is 0 Å². The summed E-state index contributed by atoms with van der Waals surface area (Å²) in [7, 11) is 0. The lowest BCUT2D eigenvalue weighted by atomic mass is 10.1. The van der Waals surface area contributed by atoms with Gasteiger partial charge in [0.05, 0.1) is 0 Å². The zero-order valence-corrected chi connectivity index (χ0v) is 14.5. The minimum absolute atomic E-state index is 0.686. The summed E-state index contributed by atoms with van der Waals surface area (Å²) in [6.07, 6.45) is 5.59. The van der Waals surface area contributed by atoms with Crippen molar-refractivity contribution in [2.75, 3.05) is 0 Å². The van der Waals surface area contributed by atoms with E-state index >= 15 is 0 Å². The van der Waals surface area contributed by atoms with E-state index in [0.29, 0.717) is 11.4 Å². The van der Waals surface area contributed by atoms with Gasteiger partial charge in [0.2, 0.25) is 0 Å². The number of rotatable bonds is 3. The molecule has 0 saturated heterocycles. The summed E-state index contributed by atoms with van der Waals surface area (Å²) in [5, 5.41) is 0.955. The first-order valence-corrected chi connectivity index (χ1v) is 8.52. The average Bonchev–Trinajstić information content (AvgIpc) is 3.06. The van der Waals surface area contributed by atoms with Gasteiger partial charge in [0, 0.05) is 16.3 Å². The van der Waals surface area contributed by atoms with Crippen LogP contribution in [0.1, 0.15) is 6.92 Å². The molecule has 0 fully saturated rings. The number of hydrogen-bond acceptors (Lipinski definition) is 3. The number of fused-ring (bicyclic) bond motifs is 1. The Kier molecular flexibility index (Phi) is 4.20. The number of aromatic nitrogens is 2. The van der Waals surface area contributed by atoms with Crippen molar-refractivity contribution >= 4 is 23.3 Å². The number of allylic oxidation sites excluding steroid dienone is 1. The van der Waals surface area contributed by atoms with Gasteiger partial charge >= 0.3 is 0 Å². The largest absolute Gasteiger partial charge is 0.452 e. The van der Waals surface area contributed by atoms with Gasteiger partial charge in [0.1, 0.15) is 16.6 Å². The van der Waals surface area contributed by atoms with Crippen molar-refractivity contribution in [1.29, 1.82) is 0 Å². The first-order valence-electron chi connectivity index (χ1n) is 8.52. The van der Waals surface area contributed by atoms with Crippen LogP contribution < -0.4 is 10.6 Å². The van der Waals surface area contributed by atoms with Crippen molar-refractivity contribution in [2.45, 2.75) is 6.92 Å². The predicted molar refractivity (Wildman–Crippen MR) is 107 cm³/mol. The van der Waals surface area contributed by atoms with Gasteiger partial charge in [-0.05, 0) is 13.0 Å². The Labute approximate surface area is 151 Å². The van der Waals surface area contributed by atoms with Crippen LogP contribution in [0, 0.1) is 0 Å². The molecule has 2 heterocycles. The second kappa shape index (κ2) is 6.81. The summed E-state index contributed by atoms with van der Waals surface area (Å²) in [5.41, 5.74) is 5.02. The van der Waals surface area contributed by atoms with Crippen molar-refractivity contribution in [2.24, 2.45) is 0 Å². The molecule has 0 aliphatic heterocycles. The van der Waals surface area contributed by atoms with Gasteiger partial charge in [-0.15, -0.1) is 0 Å². The fourth-order valence-electron chi connectivity index (χ4n) is 3.03. The average molecular weight is 338 g/mol. The first-order chi connectivity index (χ1) is 12.8. The Hall–Kier alpha value is -3.46. The molecule has 0 radical (unpaired) electrons. The highest BCUT2D eigenvalue weighted by molar-refractivity contribution is 5.90. The van der Waals surface area contributed by atoms with Crippen molar-refractivity contribution in [3.05, 3.63) is 84.0 Å². The van der Waals surface area contributed by atoms with Gasteiger partial charge in [-0.1, -0.05) is 79.4 Å². The molecule has 3 nitrogen and oxygen atoms in total. The van der Waals surface area contributed by atoms with Crippen LogP contribution in [0.15, 0.2) is 77.7 Å². The fourth-order valence-corrected chi connectivity index (χ4v) is 3.03. The van der Waals surface area contributed by atoms with Crippen LogP contribution in [0.3, 0.4) is 0 Å². The second-order valence-electron chi connectivity index (χ2n) is 5.88. The Balaban J connectivity index is 2.14. The van der Waals surface area contributed by atoms with E-state index in [-0.39, 0.29) is 0 Å². The maximum Gasteiger partial charge on any atom is 0.180 e. The third-order valence-corrected chi connectivity index (χ3v) is 4.24. The minimum atomic E-state index is 0.686. The van der Waals surface area contributed by atoms with Gasteiger partial charge in [-0.2, -0.15) is 0 Å². The molecule has 0 spiro atoms. The summed E-state index contributed by atoms with van der Waals surface area (Å²) >= 11 is 0. The Morgan fingerprint density at radius 3 is 2.15 bits per heavy atom. The fraction of sp³-hybridized carbons (Fsp3) is 0.0435. The van der Waals surface area contributed by atoms with Gasteiger partial charge in [0.25, 0.3) is 0 Å². The predicted octanol–water partition coefficient (Wildman–Crippen LogP) is 4.32. The van der Waals surface area contributed by atoms with Crippen LogP contribution in [0.5, 0.6) is 0 Å². The normalized spacial score (nSPS) is 12.7. The molecule has 0 N–H and O–H groups in total. The summed E-state index contributed by atoms with van der Waals surface area (Å²) in [4.78, 5) is 9.65. The molecule has 126 valence electrons. The second-order valence-corrected chi connectivity index (χ2v) is 5.88. The Morgan fingerprint density at radius 2 is 1.54 bits per heavy atom. The zero-order chi connectivity index (χ0) is 17.9. The van der Waals surface area contributed by atoms with Crippen LogP contribution in [0.25, 0.3) is 45.9 Å². The molecule has 0 saturated carbocycles. The highest BCUT2D eigenvalue weighted by atomic mass is 16.3. The van der Waals surface area contributed by atoms with Crippen LogP contribution in [-0.4, -0.2) is 9.97 Å². The number of hydrogen-bond donors (Lipinski definition) is 0. The lowest BCUT2D eigenvalue weighted by Crippen LogP contribution is -2.19. The molecule has 0 unspecified atom stereocenters. The molecular weight excluding hydrogens is 320 g/mol. The lowest BCUT2D eigenvalue weighted by Gasteiger charge is -2.05. The molecule has 4 aromatic rings. The Bertz CT molecular complexity index is 1190. The SMILES string of the molecule is C=C/C=c1/oc2c(-c3ccccc3)nc(-c3ccccc3)nc2/c1=C/C. The van der Waals surface area contributed by atoms with Gasteiger partial charge in [0.15, 0.2) is 11.4 Å². The van der Waals surface area contributed by atoms with Crippen LogP contribution in [0.2, 0.25) is 0 Å². The molecular formula is C23H18N2O. The molecule has 26 heavy (non-hydrogen) atoms. The highest BCUT2D eigenvalue weighted by Gasteiger charge is 2.16. The molecule has 0 aliphatic rings. The standard InChI is InChI=1S/C23H18N2O/c1-3-11-19-18(4-2)21-22(26-19)20(16-12-7-5-8-13-16)24-23(25-21)17-14-9-6-10-15-17/h3-15H,1H2,2H3/b18-4+,19-11+. The molecule has 0 amide bonds. The topological polar surface area (TPSA) is 38.9 Å². The smallest absolute Gasteiger partial charge is 0.180 e. The molecule has 0 atom stereocenters. The van der Waals surface area contributed by atoms with Gasteiger partial charge in [-0.25, -0.2) is 9.97 Å². The number of furan rings is 1. The van der Waals surface area contributed by atoms with Crippen LogP contribution in [0.4, 0.5) is 0 Å². The van der Waals surface area contributed by atoms with E-state index in [1.807, 2.05) is 79.7 Å². The summed E-state index contributed by atoms with van der Waals surface area (Å²) in [6.45, 7) is 5.77. The summed E-state index contributed by atoms with van der Waals surface area (Å²) < 4.78 is 6.12.